The fraction of sp³-hybridized carbons (Fsp3) is 0.400. The summed E-state index contributed by atoms with van der Waals surface area (Å²) in [6.07, 6.45) is 3.11. The number of hydrogen-bond donors (Lipinski definition) is 1. The molecule has 9 nitrogen and oxygen atoms in total. The first kappa shape index (κ1) is 23.4. The highest BCUT2D eigenvalue weighted by Crippen LogP contribution is 2.31. The zero-order chi connectivity index (χ0) is 23.9. The number of likely N-dealkylation sites (tertiary alicyclic amines) is 2. The second-order valence-corrected chi connectivity index (χ2v) is 8.45. The number of benzene rings is 1. The van der Waals surface area contributed by atoms with Gasteiger partial charge in [0.15, 0.2) is 5.78 Å². The summed E-state index contributed by atoms with van der Waals surface area (Å²) < 4.78 is 5.16. The molecule has 3 amide bonds. The van der Waals surface area contributed by atoms with Crippen LogP contribution in [0.3, 0.4) is 0 Å². The number of aromatic nitrogens is 1. The molecular formula is C25H28N4O5. The standard InChI is InChI=1S/C25H28N4O5/c30-21-16-29(24(32)19-10-4-6-13-26-19)20-12-15-28(23(20)21)22(31)11-5-7-14-27-25(33)34-17-18-8-2-1-3-9-18/h1-4,6,8-10,13,20,23H,5,7,11-12,14-17H2,(H,27,33). The molecule has 2 atom stereocenters. The lowest BCUT2D eigenvalue weighted by molar-refractivity contribution is -0.136. The van der Waals surface area contributed by atoms with Gasteiger partial charge < -0.3 is 19.9 Å². The average Bonchev–Trinajstić information content (AvgIpc) is 3.44. The first-order valence-electron chi connectivity index (χ1n) is 11.5. The molecule has 2 aliphatic rings. The van der Waals surface area contributed by atoms with Crippen LogP contribution in [0.2, 0.25) is 0 Å². The molecule has 34 heavy (non-hydrogen) atoms. The van der Waals surface area contributed by atoms with Crippen molar-refractivity contribution in [2.45, 2.75) is 44.4 Å². The predicted octanol–water partition coefficient (Wildman–Crippen LogP) is 2.17. The van der Waals surface area contributed by atoms with Gasteiger partial charge >= 0.3 is 6.09 Å². The van der Waals surface area contributed by atoms with E-state index in [1.807, 2.05) is 30.3 Å². The zero-order valence-corrected chi connectivity index (χ0v) is 18.9. The van der Waals surface area contributed by atoms with Crippen LogP contribution >= 0.6 is 0 Å². The Morgan fingerprint density at radius 3 is 2.59 bits per heavy atom. The molecule has 0 spiro atoms. The number of ether oxygens (including phenoxy) is 1. The number of hydrogen-bond acceptors (Lipinski definition) is 6. The van der Waals surface area contributed by atoms with E-state index >= 15 is 0 Å². The Labute approximate surface area is 198 Å². The summed E-state index contributed by atoms with van der Waals surface area (Å²) in [5.74, 6) is -0.483. The van der Waals surface area contributed by atoms with E-state index in [-0.39, 0.29) is 43.2 Å². The summed E-state index contributed by atoms with van der Waals surface area (Å²) in [7, 11) is 0. The first-order valence-corrected chi connectivity index (χ1v) is 11.5. The molecule has 0 aliphatic carbocycles. The SMILES string of the molecule is O=C(NCCCCC(=O)N1CCC2C1C(=O)CN2C(=O)c1ccccn1)OCc1ccccc1. The minimum Gasteiger partial charge on any atom is -0.445 e. The van der Waals surface area contributed by atoms with Gasteiger partial charge in [-0.25, -0.2) is 4.79 Å². The number of carbonyl (C=O) groups excluding carboxylic acids is 4. The Hall–Kier alpha value is -3.75. The quantitative estimate of drug-likeness (QED) is 0.600. The largest absolute Gasteiger partial charge is 0.445 e. The van der Waals surface area contributed by atoms with Crippen LogP contribution in [0.4, 0.5) is 4.79 Å². The third-order valence-corrected chi connectivity index (χ3v) is 6.19. The van der Waals surface area contributed by atoms with Crippen molar-refractivity contribution in [2.75, 3.05) is 19.6 Å². The molecule has 0 bridgehead atoms. The van der Waals surface area contributed by atoms with Gasteiger partial charge in [0.1, 0.15) is 18.3 Å². The Morgan fingerprint density at radius 2 is 1.82 bits per heavy atom. The normalized spacial score (nSPS) is 19.1. The van der Waals surface area contributed by atoms with E-state index in [9.17, 15) is 19.2 Å². The lowest BCUT2D eigenvalue weighted by Crippen LogP contribution is -2.43. The summed E-state index contributed by atoms with van der Waals surface area (Å²) in [6.45, 7) is 1.06. The fourth-order valence-electron chi connectivity index (χ4n) is 4.52. The van der Waals surface area contributed by atoms with Crippen molar-refractivity contribution >= 4 is 23.7 Å². The number of alkyl carbamates (subject to hydrolysis) is 1. The second kappa shape index (κ2) is 10.9. The van der Waals surface area contributed by atoms with Crippen LogP contribution in [-0.2, 0) is 20.9 Å². The third kappa shape index (κ3) is 5.41. The molecule has 2 aromatic rings. The number of pyridine rings is 1. The molecule has 0 radical (unpaired) electrons. The van der Waals surface area contributed by atoms with Gasteiger partial charge in [-0.3, -0.25) is 19.4 Å². The molecule has 2 aliphatic heterocycles. The van der Waals surface area contributed by atoms with Gasteiger partial charge in [0, 0.05) is 25.7 Å². The summed E-state index contributed by atoms with van der Waals surface area (Å²) in [5.41, 5.74) is 1.21. The molecule has 0 saturated carbocycles. The van der Waals surface area contributed by atoms with Gasteiger partial charge in [-0.2, -0.15) is 0 Å². The predicted molar refractivity (Wildman–Crippen MR) is 123 cm³/mol. The molecule has 2 unspecified atom stereocenters. The van der Waals surface area contributed by atoms with Crippen molar-refractivity contribution in [3.05, 3.63) is 66.0 Å². The van der Waals surface area contributed by atoms with Gasteiger partial charge in [0.25, 0.3) is 5.91 Å². The smallest absolute Gasteiger partial charge is 0.407 e. The van der Waals surface area contributed by atoms with Crippen molar-refractivity contribution in [3.8, 4) is 0 Å². The number of rotatable bonds is 8. The van der Waals surface area contributed by atoms with Crippen LogP contribution < -0.4 is 5.32 Å². The zero-order valence-electron chi connectivity index (χ0n) is 18.9. The van der Waals surface area contributed by atoms with Crippen LogP contribution in [0.25, 0.3) is 0 Å². The van der Waals surface area contributed by atoms with E-state index in [1.54, 1.807) is 34.2 Å². The number of fused-ring (bicyclic) bond motifs is 1. The number of unbranched alkanes of at least 4 members (excludes halogenated alkanes) is 1. The molecule has 2 saturated heterocycles. The number of Topliss-reactive ketones (excluding diaryl/α,β-unsaturated/α-hetero) is 1. The molecule has 178 valence electrons. The number of carbonyl (C=O) groups is 4. The van der Waals surface area contributed by atoms with E-state index in [0.29, 0.717) is 38.0 Å². The minimum atomic E-state index is -0.578. The van der Waals surface area contributed by atoms with Gasteiger partial charge in [0.05, 0.1) is 12.6 Å². The average molecular weight is 465 g/mol. The summed E-state index contributed by atoms with van der Waals surface area (Å²) >= 11 is 0. The van der Waals surface area contributed by atoms with Crippen molar-refractivity contribution < 1.29 is 23.9 Å². The highest BCUT2D eigenvalue weighted by Gasteiger charge is 2.51. The number of amides is 3. The highest BCUT2D eigenvalue weighted by atomic mass is 16.5. The van der Waals surface area contributed by atoms with Crippen LogP contribution in [0.5, 0.6) is 0 Å². The molecule has 2 fully saturated rings. The molecule has 9 heteroatoms. The Bertz CT molecular complexity index is 1030. The van der Waals surface area contributed by atoms with Crippen LogP contribution in [-0.4, -0.2) is 70.2 Å². The van der Waals surface area contributed by atoms with E-state index in [2.05, 4.69) is 10.3 Å². The molecule has 3 heterocycles. The van der Waals surface area contributed by atoms with Gasteiger partial charge in [-0.1, -0.05) is 36.4 Å². The maximum atomic E-state index is 12.8. The van der Waals surface area contributed by atoms with Crippen LogP contribution in [0.15, 0.2) is 54.7 Å². The number of nitrogens with one attached hydrogen (secondary N) is 1. The monoisotopic (exact) mass is 464 g/mol. The Morgan fingerprint density at radius 1 is 1.03 bits per heavy atom. The van der Waals surface area contributed by atoms with Gasteiger partial charge in [0.2, 0.25) is 5.91 Å². The lowest BCUT2D eigenvalue weighted by atomic mass is 10.1. The molecule has 1 aromatic carbocycles. The molecule has 1 aromatic heterocycles. The number of ketones is 1. The van der Waals surface area contributed by atoms with Crippen LogP contribution in [0, 0.1) is 0 Å². The van der Waals surface area contributed by atoms with Crippen molar-refractivity contribution in [1.29, 1.82) is 0 Å². The number of nitrogens with zero attached hydrogens (tertiary/aromatic N) is 3. The van der Waals surface area contributed by atoms with Crippen molar-refractivity contribution in [1.82, 2.24) is 20.1 Å². The minimum absolute atomic E-state index is 0.00351. The second-order valence-electron chi connectivity index (χ2n) is 8.45. The summed E-state index contributed by atoms with van der Waals surface area (Å²) in [5, 5.41) is 2.68. The Kier molecular flexibility index (Phi) is 7.51. The van der Waals surface area contributed by atoms with Gasteiger partial charge in [-0.15, -0.1) is 0 Å². The summed E-state index contributed by atoms with van der Waals surface area (Å²) in [4.78, 5) is 57.3. The van der Waals surface area contributed by atoms with Crippen molar-refractivity contribution in [3.63, 3.8) is 0 Å². The highest BCUT2D eigenvalue weighted by molar-refractivity contribution is 6.01. The first-order chi connectivity index (χ1) is 16.5. The maximum Gasteiger partial charge on any atom is 0.407 e. The maximum absolute atomic E-state index is 12.8. The van der Waals surface area contributed by atoms with Crippen molar-refractivity contribution in [2.24, 2.45) is 0 Å². The Balaban J connectivity index is 1.18. The lowest BCUT2D eigenvalue weighted by Gasteiger charge is -2.24. The molecule has 4 rings (SSSR count). The topological polar surface area (TPSA) is 109 Å². The molecular weight excluding hydrogens is 436 g/mol. The van der Waals surface area contributed by atoms with E-state index < -0.39 is 12.1 Å². The van der Waals surface area contributed by atoms with E-state index in [0.717, 1.165) is 5.56 Å². The van der Waals surface area contributed by atoms with Crippen LogP contribution in [0.1, 0.15) is 41.7 Å². The van der Waals surface area contributed by atoms with E-state index in [1.165, 1.54) is 0 Å². The summed E-state index contributed by atoms with van der Waals surface area (Å²) in [6, 6.07) is 13.6. The van der Waals surface area contributed by atoms with Gasteiger partial charge in [-0.05, 0) is 37.0 Å². The molecule has 1 N–H and O–H groups in total. The van der Waals surface area contributed by atoms with E-state index in [4.69, 9.17) is 4.74 Å². The fourth-order valence-corrected chi connectivity index (χ4v) is 4.52. The third-order valence-electron chi connectivity index (χ3n) is 6.19.